The van der Waals surface area contributed by atoms with Gasteiger partial charge in [0.15, 0.2) is 0 Å². The molecule has 2 aromatic carbocycles. The molecule has 0 aromatic heterocycles. The maximum absolute atomic E-state index is 12.0. The average Bonchev–Trinajstić information content (AvgIpc) is 2.53. The second kappa shape index (κ2) is 7.42. The summed E-state index contributed by atoms with van der Waals surface area (Å²) in [5.41, 5.74) is 2.01. The number of anilines is 2. The summed E-state index contributed by atoms with van der Waals surface area (Å²) < 4.78 is 0. The lowest BCUT2D eigenvalue weighted by molar-refractivity contribution is 0.102. The molecule has 5 heteroatoms. The molecule has 1 unspecified atom stereocenters. The molecule has 4 N–H and O–H groups in total. The van der Waals surface area contributed by atoms with Crippen molar-refractivity contribution in [3.05, 3.63) is 60.2 Å². The van der Waals surface area contributed by atoms with E-state index in [0.29, 0.717) is 11.3 Å². The number of rotatable bonds is 6. The Morgan fingerprint density at radius 3 is 2.48 bits per heavy atom. The Balaban J connectivity index is 1.99. The van der Waals surface area contributed by atoms with Gasteiger partial charge in [-0.3, -0.25) is 4.79 Å². The van der Waals surface area contributed by atoms with Crippen molar-refractivity contribution < 1.29 is 15.0 Å². The fourth-order valence-electron chi connectivity index (χ4n) is 1.80. The van der Waals surface area contributed by atoms with E-state index in [9.17, 15) is 9.90 Å². The highest BCUT2D eigenvalue weighted by molar-refractivity contribution is 6.04. The molecule has 0 heterocycles. The molecule has 1 atom stereocenters. The fraction of sp³-hybridized carbons (Fsp3) is 0.188. The van der Waals surface area contributed by atoms with E-state index < -0.39 is 6.10 Å². The number of carbonyl (C=O) groups is 1. The summed E-state index contributed by atoms with van der Waals surface area (Å²) in [5.74, 6) is -0.178. The topological polar surface area (TPSA) is 81.6 Å². The predicted molar refractivity (Wildman–Crippen MR) is 82.4 cm³/mol. The number of hydrogen-bond acceptors (Lipinski definition) is 4. The number of nitrogens with one attached hydrogen (secondary N) is 2. The first-order chi connectivity index (χ1) is 10.2. The van der Waals surface area contributed by atoms with Gasteiger partial charge in [0.2, 0.25) is 0 Å². The van der Waals surface area contributed by atoms with E-state index in [-0.39, 0.29) is 19.1 Å². The molecular formula is C16H18N2O3. The summed E-state index contributed by atoms with van der Waals surface area (Å²) in [6, 6.07) is 16.1. The fourth-order valence-corrected chi connectivity index (χ4v) is 1.80. The van der Waals surface area contributed by atoms with Crippen molar-refractivity contribution in [1.82, 2.24) is 0 Å². The van der Waals surface area contributed by atoms with Crippen LogP contribution in [0.3, 0.4) is 0 Å². The van der Waals surface area contributed by atoms with Gasteiger partial charge < -0.3 is 20.8 Å². The van der Waals surface area contributed by atoms with Gasteiger partial charge in [0.05, 0.1) is 12.7 Å². The molecule has 2 aromatic rings. The van der Waals surface area contributed by atoms with Crippen LogP contribution in [-0.4, -0.2) is 35.4 Å². The number of hydrogen-bond donors (Lipinski definition) is 4. The summed E-state index contributed by atoms with van der Waals surface area (Å²) in [6.07, 6.45) is -0.812. The first kappa shape index (κ1) is 15.0. The summed E-state index contributed by atoms with van der Waals surface area (Å²) in [7, 11) is 0. The SMILES string of the molecule is O=C(Nc1cccc(NCC(O)CO)c1)c1ccccc1. The molecule has 5 nitrogen and oxygen atoms in total. The van der Waals surface area contributed by atoms with E-state index in [0.717, 1.165) is 5.69 Å². The minimum absolute atomic E-state index is 0.178. The lowest BCUT2D eigenvalue weighted by atomic mass is 10.2. The van der Waals surface area contributed by atoms with Crippen LogP contribution in [0.5, 0.6) is 0 Å². The number of benzene rings is 2. The monoisotopic (exact) mass is 286 g/mol. The van der Waals surface area contributed by atoms with Crippen LogP contribution >= 0.6 is 0 Å². The van der Waals surface area contributed by atoms with Gasteiger partial charge in [-0.2, -0.15) is 0 Å². The van der Waals surface area contributed by atoms with Crippen molar-refractivity contribution >= 4 is 17.3 Å². The van der Waals surface area contributed by atoms with Crippen LogP contribution in [0.1, 0.15) is 10.4 Å². The van der Waals surface area contributed by atoms with E-state index in [1.165, 1.54) is 0 Å². The molecule has 0 aliphatic heterocycles. The largest absolute Gasteiger partial charge is 0.394 e. The maximum Gasteiger partial charge on any atom is 0.255 e. The highest BCUT2D eigenvalue weighted by Gasteiger charge is 2.06. The standard InChI is InChI=1S/C16H18N2O3/c19-11-15(20)10-17-13-7-4-8-14(9-13)18-16(21)12-5-2-1-3-6-12/h1-9,15,17,19-20H,10-11H2,(H,18,21). The van der Waals surface area contributed by atoms with Crippen molar-refractivity contribution in [2.45, 2.75) is 6.10 Å². The Morgan fingerprint density at radius 2 is 1.76 bits per heavy atom. The second-order valence-electron chi connectivity index (χ2n) is 4.62. The van der Waals surface area contributed by atoms with Crippen molar-refractivity contribution in [2.24, 2.45) is 0 Å². The quantitative estimate of drug-likeness (QED) is 0.651. The van der Waals surface area contributed by atoms with Crippen LogP contribution in [0, 0.1) is 0 Å². The first-order valence-corrected chi connectivity index (χ1v) is 6.68. The van der Waals surface area contributed by atoms with E-state index in [2.05, 4.69) is 10.6 Å². The molecule has 0 aliphatic carbocycles. The zero-order chi connectivity index (χ0) is 15.1. The average molecular weight is 286 g/mol. The number of aliphatic hydroxyl groups is 2. The minimum atomic E-state index is -0.812. The van der Waals surface area contributed by atoms with Crippen LogP contribution in [0.4, 0.5) is 11.4 Å². The Hall–Kier alpha value is -2.37. The third-order valence-electron chi connectivity index (χ3n) is 2.91. The number of carbonyl (C=O) groups excluding carboxylic acids is 1. The lowest BCUT2D eigenvalue weighted by Crippen LogP contribution is -2.23. The van der Waals surface area contributed by atoms with Crippen LogP contribution in [-0.2, 0) is 0 Å². The highest BCUT2D eigenvalue weighted by Crippen LogP contribution is 2.16. The summed E-state index contributed by atoms with van der Waals surface area (Å²) >= 11 is 0. The van der Waals surface area contributed by atoms with Gasteiger partial charge in [0, 0.05) is 23.5 Å². The third kappa shape index (κ3) is 4.59. The Kier molecular flexibility index (Phi) is 5.31. The van der Waals surface area contributed by atoms with Gasteiger partial charge >= 0.3 is 0 Å². The zero-order valence-corrected chi connectivity index (χ0v) is 11.5. The Bertz CT molecular complexity index is 587. The normalized spacial score (nSPS) is 11.7. The lowest BCUT2D eigenvalue weighted by Gasteiger charge is -2.12. The molecule has 0 aliphatic rings. The van der Waals surface area contributed by atoms with E-state index in [1.807, 2.05) is 24.3 Å². The van der Waals surface area contributed by atoms with E-state index in [1.54, 1.807) is 30.3 Å². The van der Waals surface area contributed by atoms with Gasteiger partial charge in [-0.25, -0.2) is 0 Å². The summed E-state index contributed by atoms with van der Waals surface area (Å²) in [5, 5.41) is 23.9. The molecule has 0 saturated heterocycles. The molecule has 0 radical (unpaired) electrons. The molecule has 1 amide bonds. The highest BCUT2D eigenvalue weighted by atomic mass is 16.3. The predicted octanol–water partition coefficient (Wildman–Crippen LogP) is 1.70. The third-order valence-corrected chi connectivity index (χ3v) is 2.91. The van der Waals surface area contributed by atoms with Crippen LogP contribution in [0.25, 0.3) is 0 Å². The Labute approximate surface area is 123 Å². The first-order valence-electron chi connectivity index (χ1n) is 6.68. The van der Waals surface area contributed by atoms with Crippen LogP contribution in [0.15, 0.2) is 54.6 Å². The smallest absolute Gasteiger partial charge is 0.255 e. The van der Waals surface area contributed by atoms with Crippen LogP contribution < -0.4 is 10.6 Å². The molecule has 2 rings (SSSR count). The molecule has 0 spiro atoms. The van der Waals surface area contributed by atoms with Crippen molar-refractivity contribution in [3.8, 4) is 0 Å². The molecule has 0 fully saturated rings. The summed E-state index contributed by atoms with van der Waals surface area (Å²) in [4.78, 5) is 12.0. The Morgan fingerprint density at radius 1 is 1.05 bits per heavy atom. The summed E-state index contributed by atoms with van der Waals surface area (Å²) in [6.45, 7) is -0.0516. The van der Waals surface area contributed by atoms with Crippen LogP contribution in [0.2, 0.25) is 0 Å². The van der Waals surface area contributed by atoms with Crippen molar-refractivity contribution in [1.29, 1.82) is 0 Å². The second-order valence-corrected chi connectivity index (χ2v) is 4.62. The number of amides is 1. The van der Waals surface area contributed by atoms with E-state index in [4.69, 9.17) is 5.11 Å². The van der Waals surface area contributed by atoms with Gasteiger partial charge in [-0.05, 0) is 30.3 Å². The van der Waals surface area contributed by atoms with Crippen molar-refractivity contribution in [3.63, 3.8) is 0 Å². The van der Waals surface area contributed by atoms with Gasteiger partial charge in [-0.1, -0.05) is 24.3 Å². The minimum Gasteiger partial charge on any atom is -0.394 e. The van der Waals surface area contributed by atoms with Gasteiger partial charge in [0.1, 0.15) is 0 Å². The van der Waals surface area contributed by atoms with Crippen molar-refractivity contribution in [2.75, 3.05) is 23.8 Å². The maximum atomic E-state index is 12.0. The molecule has 110 valence electrons. The molecule has 0 bridgehead atoms. The molecular weight excluding hydrogens is 268 g/mol. The van der Waals surface area contributed by atoms with E-state index >= 15 is 0 Å². The zero-order valence-electron chi connectivity index (χ0n) is 11.5. The molecule has 0 saturated carbocycles. The number of aliphatic hydroxyl groups excluding tert-OH is 2. The molecule has 21 heavy (non-hydrogen) atoms. The van der Waals surface area contributed by atoms with Gasteiger partial charge in [0.25, 0.3) is 5.91 Å². The van der Waals surface area contributed by atoms with Gasteiger partial charge in [-0.15, -0.1) is 0 Å².